The van der Waals surface area contributed by atoms with Gasteiger partial charge in [-0.2, -0.15) is 0 Å². The van der Waals surface area contributed by atoms with Crippen LogP contribution in [0.25, 0.3) is 0 Å². The fourth-order valence-corrected chi connectivity index (χ4v) is 3.05. The van der Waals surface area contributed by atoms with Crippen LogP contribution in [0.3, 0.4) is 0 Å². The number of hydrogen-bond acceptors (Lipinski definition) is 4. The highest BCUT2D eigenvalue weighted by Gasteiger charge is 2.26. The van der Waals surface area contributed by atoms with E-state index in [2.05, 4.69) is 17.6 Å². The first-order chi connectivity index (χ1) is 8.16. The van der Waals surface area contributed by atoms with E-state index >= 15 is 0 Å². The van der Waals surface area contributed by atoms with Crippen LogP contribution in [-0.4, -0.2) is 54.0 Å². The van der Waals surface area contributed by atoms with Gasteiger partial charge in [-0.05, 0) is 18.9 Å². The van der Waals surface area contributed by atoms with Crippen LogP contribution in [0.15, 0.2) is 0 Å². The van der Waals surface area contributed by atoms with Crippen molar-refractivity contribution in [3.8, 4) is 0 Å². The second-order valence-corrected chi connectivity index (χ2v) is 5.67. The summed E-state index contributed by atoms with van der Waals surface area (Å²) in [7, 11) is 0. The second kappa shape index (κ2) is 7.21. The first kappa shape index (κ1) is 15.6. The van der Waals surface area contributed by atoms with E-state index in [1.165, 1.54) is 0 Å². The van der Waals surface area contributed by atoms with Gasteiger partial charge in [0, 0.05) is 12.6 Å². The fraction of sp³-hybridized carbons (Fsp3) is 0.818. The van der Waals surface area contributed by atoms with Gasteiger partial charge in [0.1, 0.15) is 6.54 Å². The van der Waals surface area contributed by atoms with E-state index < -0.39 is 0 Å². The molecule has 2 aliphatic heterocycles. The molecule has 0 spiro atoms. The zero-order chi connectivity index (χ0) is 12.3. The standard InChI is InChI=1S/C11H19N3O2S.ClH/c1-8-2-3-12-4-9(8)13-10(15)5-14-7-17-6-11(14)16;/h8-9,12H,2-7H2,1H3,(H,13,15);1H. The Balaban J connectivity index is 0.00000162. The van der Waals surface area contributed by atoms with Crippen LogP contribution in [0.2, 0.25) is 0 Å². The molecule has 2 N–H and O–H groups in total. The molecular formula is C11H20ClN3O2S. The van der Waals surface area contributed by atoms with Crippen molar-refractivity contribution in [2.75, 3.05) is 31.3 Å². The summed E-state index contributed by atoms with van der Waals surface area (Å²) in [6.07, 6.45) is 1.09. The summed E-state index contributed by atoms with van der Waals surface area (Å²) >= 11 is 1.56. The lowest BCUT2D eigenvalue weighted by molar-refractivity contribution is -0.132. The van der Waals surface area contributed by atoms with E-state index in [0.29, 0.717) is 17.5 Å². The Bertz CT molecular complexity index is 317. The summed E-state index contributed by atoms with van der Waals surface area (Å²) in [5.41, 5.74) is 0. The highest BCUT2D eigenvalue weighted by Crippen LogP contribution is 2.15. The third kappa shape index (κ3) is 4.03. The van der Waals surface area contributed by atoms with Crippen molar-refractivity contribution >= 4 is 36.0 Å². The number of thioether (sulfide) groups is 1. The minimum absolute atomic E-state index is 0. The minimum Gasteiger partial charge on any atom is -0.350 e. The minimum atomic E-state index is -0.0404. The zero-order valence-electron chi connectivity index (χ0n) is 10.5. The topological polar surface area (TPSA) is 61.4 Å². The van der Waals surface area contributed by atoms with E-state index in [1.807, 2.05) is 0 Å². The van der Waals surface area contributed by atoms with Crippen LogP contribution in [0, 0.1) is 5.92 Å². The molecule has 18 heavy (non-hydrogen) atoms. The second-order valence-electron chi connectivity index (χ2n) is 4.71. The highest BCUT2D eigenvalue weighted by molar-refractivity contribution is 8.00. The summed E-state index contributed by atoms with van der Waals surface area (Å²) in [6.45, 7) is 4.21. The van der Waals surface area contributed by atoms with Gasteiger partial charge in [0.05, 0.1) is 11.6 Å². The SMILES string of the molecule is CC1CCNCC1NC(=O)CN1CSCC1=O.Cl. The van der Waals surface area contributed by atoms with Crippen molar-refractivity contribution in [1.29, 1.82) is 0 Å². The van der Waals surface area contributed by atoms with E-state index in [4.69, 9.17) is 0 Å². The Labute approximate surface area is 118 Å². The number of halogens is 1. The lowest BCUT2D eigenvalue weighted by Crippen LogP contribution is -2.52. The molecule has 0 aromatic carbocycles. The Morgan fingerprint density at radius 2 is 2.39 bits per heavy atom. The van der Waals surface area contributed by atoms with Crippen molar-refractivity contribution in [1.82, 2.24) is 15.5 Å². The van der Waals surface area contributed by atoms with Crippen LogP contribution >= 0.6 is 24.2 Å². The van der Waals surface area contributed by atoms with Gasteiger partial charge in [0.2, 0.25) is 11.8 Å². The highest BCUT2D eigenvalue weighted by atomic mass is 35.5. The lowest BCUT2D eigenvalue weighted by atomic mass is 9.95. The van der Waals surface area contributed by atoms with Crippen LogP contribution in [0.5, 0.6) is 0 Å². The van der Waals surface area contributed by atoms with Crippen molar-refractivity contribution in [2.24, 2.45) is 5.92 Å². The van der Waals surface area contributed by atoms with Crippen LogP contribution in [0.4, 0.5) is 0 Å². The summed E-state index contributed by atoms with van der Waals surface area (Å²) in [6, 6.07) is 0.196. The largest absolute Gasteiger partial charge is 0.350 e. The number of nitrogens with zero attached hydrogens (tertiary/aromatic N) is 1. The van der Waals surface area contributed by atoms with Crippen LogP contribution < -0.4 is 10.6 Å². The van der Waals surface area contributed by atoms with Gasteiger partial charge < -0.3 is 15.5 Å². The summed E-state index contributed by atoms with van der Waals surface area (Å²) in [5.74, 6) is 1.68. The molecule has 2 amide bonds. The molecule has 2 rings (SSSR count). The number of hydrogen-bond donors (Lipinski definition) is 2. The molecule has 5 nitrogen and oxygen atoms in total. The average molecular weight is 294 g/mol. The van der Waals surface area contributed by atoms with Crippen molar-refractivity contribution in [3.05, 3.63) is 0 Å². The van der Waals surface area contributed by atoms with Gasteiger partial charge in [-0.15, -0.1) is 24.2 Å². The maximum absolute atomic E-state index is 11.8. The molecular weight excluding hydrogens is 274 g/mol. The molecule has 2 aliphatic rings. The third-order valence-electron chi connectivity index (χ3n) is 3.33. The number of carbonyl (C=O) groups excluding carboxylic acids is 2. The molecule has 7 heteroatoms. The van der Waals surface area contributed by atoms with E-state index in [-0.39, 0.29) is 36.8 Å². The smallest absolute Gasteiger partial charge is 0.239 e. The third-order valence-corrected chi connectivity index (χ3v) is 4.28. The normalized spacial score (nSPS) is 27.8. The van der Waals surface area contributed by atoms with Gasteiger partial charge in [0.15, 0.2) is 0 Å². The van der Waals surface area contributed by atoms with Gasteiger partial charge in [-0.1, -0.05) is 6.92 Å². The molecule has 2 fully saturated rings. The van der Waals surface area contributed by atoms with E-state index in [1.54, 1.807) is 16.7 Å². The number of amides is 2. The van der Waals surface area contributed by atoms with Gasteiger partial charge >= 0.3 is 0 Å². The summed E-state index contributed by atoms with van der Waals surface area (Å²) in [5, 5.41) is 6.29. The maximum Gasteiger partial charge on any atom is 0.239 e. The number of rotatable bonds is 3. The number of carbonyl (C=O) groups is 2. The number of nitrogens with one attached hydrogen (secondary N) is 2. The summed E-state index contributed by atoms with van der Waals surface area (Å²) < 4.78 is 0. The van der Waals surface area contributed by atoms with E-state index in [0.717, 1.165) is 19.5 Å². The predicted octanol–water partition coefficient (Wildman–Crippen LogP) is 0.0553. The van der Waals surface area contributed by atoms with Gasteiger partial charge in [-0.3, -0.25) is 9.59 Å². The monoisotopic (exact) mass is 293 g/mol. The molecule has 2 heterocycles. The molecule has 0 aliphatic carbocycles. The van der Waals surface area contributed by atoms with Crippen molar-refractivity contribution in [3.63, 3.8) is 0 Å². The van der Waals surface area contributed by atoms with Crippen molar-refractivity contribution in [2.45, 2.75) is 19.4 Å². The molecule has 0 saturated carbocycles. The Morgan fingerprint density at radius 3 is 3.00 bits per heavy atom. The van der Waals surface area contributed by atoms with Gasteiger partial charge in [0.25, 0.3) is 0 Å². The Morgan fingerprint density at radius 1 is 1.61 bits per heavy atom. The molecule has 0 radical (unpaired) electrons. The molecule has 0 aromatic rings. The van der Waals surface area contributed by atoms with Gasteiger partial charge in [-0.25, -0.2) is 0 Å². The van der Waals surface area contributed by atoms with Crippen LogP contribution in [0.1, 0.15) is 13.3 Å². The molecule has 2 unspecified atom stereocenters. The maximum atomic E-state index is 11.8. The Hall–Kier alpha value is -0.460. The molecule has 0 aromatic heterocycles. The molecule has 2 atom stereocenters. The molecule has 104 valence electrons. The molecule has 2 saturated heterocycles. The Kier molecular flexibility index (Phi) is 6.25. The average Bonchev–Trinajstić information content (AvgIpc) is 2.68. The first-order valence-electron chi connectivity index (χ1n) is 6.02. The quantitative estimate of drug-likeness (QED) is 0.772. The molecule has 0 bridgehead atoms. The zero-order valence-corrected chi connectivity index (χ0v) is 12.1. The number of piperidine rings is 1. The predicted molar refractivity (Wildman–Crippen MR) is 74.9 cm³/mol. The van der Waals surface area contributed by atoms with Crippen molar-refractivity contribution < 1.29 is 9.59 Å². The fourth-order valence-electron chi connectivity index (χ4n) is 2.15. The lowest BCUT2D eigenvalue weighted by Gasteiger charge is -2.30. The van der Waals surface area contributed by atoms with E-state index in [9.17, 15) is 9.59 Å². The summed E-state index contributed by atoms with van der Waals surface area (Å²) in [4.78, 5) is 24.8. The van der Waals surface area contributed by atoms with Crippen LogP contribution in [-0.2, 0) is 9.59 Å². The first-order valence-corrected chi connectivity index (χ1v) is 7.18.